The van der Waals surface area contributed by atoms with E-state index < -0.39 is 0 Å². The summed E-state index contributed by atoms with van der Waals surface area (Å²) >= 11 is 0. The Morgan fingerprint density at radius 3 is 1.86 bits per heavy atom. The van der Waals surface area contributed by atoms with Crippen LogP contribution in [0.15, 0.2) is 59.0 Å². The maximum absolute atomic E-state index is 3.56. The first-order valence-electron chi connectivity index (χ1n) is 8.41. The standard InChI is InChI=1S/C14H21P.C5H10.C2H6/c1-6-7-13(9-8-10(2)3)11(4)14-12(5)15-14;1-4-5(2)3;1-2/h6-9,12,15H,1-5H3;4-5H,1H2,2-3H3;1-2H3/b7-6-,13-9+,14-11?;;. The molecule has 0 radical (unpaired) electrons. The molecule has 22 heavy (non-hydrogen) atoms. The molecule has 0 bridgehead atoms. The second-order valence-corrected chi connectivity index (χ2v) is 7.44. The fourth-order valence-electron chi connectivity index (χ4n) is 1.52. The minimum atomic E-state index is 0.648. The van der Waals surface area contributed by atoms with E-state index in [1.54, 1.807) is 5.31 Å². The summed E-state index contributed by atoms with van der Waals surface area (Å²) in [7, 11) is 1.06. The Bertz CT molecular complexity index is 427. The van der Waals surface area contributed by atoms with Gasteiger partial charge in [-0.2, -0.15) is 0 Å². The van der Waals surface area contributed by atoms with Crippen molar-refractivity contribution < 1.29 is 0 Å². The quantitative estimate of drug-likeness (QED) is 0.283. The monoisotopic (exact) mass is 320 g/mol. The topological polar surface area (TPSA) is 0 Å². The van der Waals surface area contributed by atoms with E-state index >= 15 is 0 Å². The Hall–Kier alpha value is -0.870. The van der Waals surface area contributed by atoms with Crippen molar-refractivity contribution >= 4 is 8.58 Å². The summed E-state index contributed by atoms with van der Waals surface area (Å²) in [5.74, 6) is 0.648. The molecule has 0 aromatic rings. The maximum atomic E-state index is 3.56. The van der Waals surface area contributed by atoms with Gasteiger partial charge in [0.1, 0.15) is 0 Å². The van der Waals surface area contributed by atoms with Crippen LogP contribution in [0.2, 0.25) is 0 Å². The van der Waals surface area contributed by atoms with Crippen molar-refractivity contribution in [3.63, 3.8) is 0 Å². The summed E-state index contributed by atoms with van der Waals surface area (Å²) in [4.78, 5) is 0. The van der Waals surface area contributed by atoms with Crippen molar-refractivity contribution in [2.24, 2.45) is 5.92 Å². The molecule has 1 aliphatic heterocycles. The van der Waals surface area contributed by atoms with Gasteiger partial charge in [0.05, 0.1) is 0 Å². The Balaban J connectivity index is 0. The highest BCUT2D eigenvalue weighted by molar-refractivity contribution is 7.54. The van der Waals surface area contributed by atoms with E-state index in [1.165, 1.54) is 16.7 Å². The van der Waals surface area contributed by atoms with Crippen molar-refractivity contribution in [1.29, 1.82) is 0 Å². The SMILES string of the molecule is C/C=C\C(=C/C=C(C)C)C(C)=C1PC1C.C=CC(C)C.CC. The van der Waals surface area contributed by atoms with Gasteiger partial charge >= 0.3 is 0 Å². The van der Waals surface area contributed by atoms with Gasteiger partial charge in [0.25, 0.3) is 0 Å². The molecule has 0 saturated carbocycles. The maximum Gasteiger partial charge on any atom is 0.00284 e. The van der Waals surface area contributed by atoms with E-state index in [-0.39, 0.29) is 0 Å². The third-order valence-electron chi connectivity index (χ3n) is 2.97. The molecule has 0 nitrogen and oxygen atoms in total. The smallest absolute Gasteiger partial charge is 0.00284 e. The van der Waals surface area contributed by atoms with Gasteiger partial charge in [0.15, 0.2) is 0 Å². The lowest BCUT2D eigenvalue weighted by molar-refractivity contribution is 0.835. The van der Waals surface area contributed by atoms with Crippen molar-refractivity contribution in [3.8, 4) is 0 Å². The molecule has 0 spiro atoms. The van der Waals surface area contributed by atoms with Gasteiger partial charge in [0.2, 0.25) is 0 Å². The van der Waals surface area contributed by atoms with E-state index in [1.807, 2.05) is 19.9 Å². The zero-order valence-electron chi connectivity index (χ0n) is 16.2. The van der Waals surface area contributed by atoms with Crippen LogP contribution in [0.1, 0.15) is 62.3 Å². The fourth-order valence-corrected chi connectivity index (χ4v) is 2.48. The lowest BCUT2D eigenvalue weighted by atomic mass is 10.1. The molecule has 1 saturated heterocycles. The average Bonchev–Trinajstić information content (AvgIpc) is 3.22. The second kappa shape index (κ2) is 13.8. The third-order valence-corrected chi connectivity index (χ3v) is 4.50. The van der Waals surface area contributed by atoms with E-state index in [0.717, 1.165) is 14.2 Å². The minimum Gasteiger partial charge on any atom is -0.103 e. The molecule has 0 amide bonds. The van der Waals surface area contributed by atoms with Crippen molar-refractivity contribution in [1.82, 2.24) is 0 Å². The summed E-state index contributed by atoms with van der Waals surface area (Å²) in [5, 5.41) is 1.65. The molecule has 0 N–H and O–H groups in total. The van der Waals surface area contributed by atoms with Gasteiger partial charge in [-0.05, 0) is 50.1 Å². The van der Waals surface area contributed by atoms with Crippen LogP contribution in [-0.4, -0.2) is 5.66 Å². The van der Waals surface area contributed by atoms with Gasteiger partial charge < -0.3 is 0 Å². The van der Waals surface area contributed by atoms with Crippen LogP contribution >= 0.6 is 8.58 Å². The molecular weight excluding hydrogens is 283 g/mol. The van der Waals surface area contributed by atoms with Crippen molar-refractivity contribution in [2.75, 3.05) is 0 Å². The van der Waals surface area contributed by atoms with Crippen LogP contribution in [-0.2, 0) is 0 Å². The van der Waals surface area contributed by atoms with Crippen LogP contribution in [0.25, 0.3) is 0 Å². The lowest BCUT2D eigenvalue weighted by Crippen LogP contribution is -1.83. The molecule has 1 fully saturated rings. The number of hydrogen-bond donors (Lipinski definition) is 0. The van der Waals surface area contributed by atoms with Gasteiger partial charge in [-0.15, -0.1) is 6.58 Å². The Labute approximate surface area is 142 Å². The van der Waals surface area contributed by atoms with Gasteiger partial charge in [-0.1, -0.05) is 79.2 Å². The van der Waals surface area contributed by atoms with Crippen LogP contribution in [0, 0.1) is 5.92 Å². The molecule has 1 rings (SSSR count). The average molecular weight is 321 g/mol. The first kappa shape index (κ1) is 23.4. The highest BCUT2D eigenvalue weighted by atomic mass is 31.1. The number of allylic oxidation sites excluding steroid dienone is 9. The molecule has 1 heteroatoms. The summed E-state index contributed by atoms with van der Waals surface area (Å²) in [6, 6.07) is 0. The number of rotatable bonds is 4. The Morgan fingerprint density at radius 2 is 1.59 bits per heavy atom. The first-order chi connectivity index (χ1) is 10.3. The molecule has 2 unspecified atom stereocenters. The Morgan fingerprint density at radius 1 is 1.14 bits per heavy atom. The van der Waals surface area contributed by atoms with Crippen LogP contribution in [0.5, 0.6) is 0 Å². The van der Waals surface area contributed by atoms with Gasteiger partial charge in [-0.25, -0.2) is 0 Å². The predicted molar refractivity (Wildman–Crippen MR) is 109 cm³/mol. The zero-order valence-corrected chi connectivity index (χ0v) is 17.2. The molecule has 0 aromatic heterocycles. The van der Waals surface area contributed by atoms with E-state index in [4.69, 9.17) is 0 Å². The first-order valence-corrected chi connectivity index (χ1v) is 9.49. The van der Waals surface area contributed by atoms with Crippen molar-refractivity contribution in [2.45, 2.75) is 68.0 Å². The fraction of sp³-hybridized carbons (Fsp3) is 0.524. The molecule has 1 aliphatic rings. The largest absolute Gasteiger partial charge is 0.103 e. The second-order valence-electron chi connectivity index (χ2n) is 5.75. The van der Waals surface area contributed by atoms with E-state index in [2.05, 4.69) is 79.3 Å². The normalized spacial score (nSPS) is 19.9. The van der Waals surface area contributed by atoms with Crippen molar-refractivity contribution in [3.05, 3.63) is 59.0 Å². The molecular formula is C21H37P. The third kappa shape index (κ3) is 11.8. The molecule has 0 aliphatic carbocycles. The summed E-state index contributed by atoms with van der Waals surface area (Å²) in [6.07, 6.45) is 10.7. The lowest BCUT2D eigenvalue weighted by Gasteiger charge is -2.01. The van der Waals surface area contributed by atoms with Gasteiger partial charge in [-0.3, -0.25) is 0 Å². The van der Waals surface area contributed by atoms with Crippen LogP contribution in [0.4, 0.5) is 0 Å². The molecule has 1 heterocycles. The number of hydrogen-bond acceptors (Lipinski definition) is 0. The molecule has 0 aromatic carbocycles. The summed E-state index contributed by atoms with van der Waals surface area (Å²) in [6.45, 7) is 22.7. The van der Waals surface area contributed by atoms with E-state index in [9.17, 15) is 0 Å². The summed E-state index contributed by atoms with van der Waals surface area (Å²) < 4.78 is 0. The summed E-state index contributed by atoms with van der Waals surface area (Å²) in [5.41, 5.74) is 5.04. The van der Waals surface area contributed by atoms with Gasteiger partial charge in [0, 0.05) is 5.66 Å². The molecule has 126 valence electrons. The van der Waals surface area contributed by atoms with E-state index in [0.29, 0.717) is 5.92 Å². The minimum absolute atomic E-state index is 0.648. The molecule has 2 atom stereocenters. The highest BCUT2D eigenvalue weighted by Crippen LogP contribution is 2.56. The van der Waals surface area contributed by atoms with Crippen LogP contribution in [0.3, 0.4) is 0 Å². The predicted octanol–water partition coefficient (Wildman–Crippen LogP) is 7.66. The highest BCUT2D eigenvalue weighted by Gasteiger charge is 2.26. The Kier molecular flexibility index (Phi) is 14.6. The zero-order chi connectivity index (χ0) is 17.7. The van der Waals surface area contributed by atoms with Crippen LogP contribution < -0.4 is 0 Å².